The van der Waals surface area contributed by atoms with Crippen LogP contribution in [0.1, 0.15) is 0 Å². The van der Waals surface area contributed by atoms with Crippen LogP contribution in [0.15, 0.2) is 176 Å². The van der Waals surface area contributed by atoms with Gasteiger partial charge >= 0.3 is 0 Å². The lowest BCUT2D eigenvalue weighted by Gasteiger charge is -2.22. The fourth-order valence-electron chi connectivity index (χ4n) is 8.39. The van der Waals surface area contributed by atoms with Crippen molar-refractivity contribution < 1.29 is 4.74 Å². The van der Waals surface area contributed by atoms with Crippen molar-refractivity contribution >= 4 is 54.1 Å². The van der Waals surface area contributed by atoms with Crippen LogP contribution in [0.3, 0.4) is 0 Å². The van der Waals surface area contributed by atoms with E-state index < -0.39 is 0 Å². The largest absolute Gasteiger partial charge is 0.456 e. The summed E-state index contributed by atoms with van der Waals surface area (Å²) in [5, 5.41) is 9.85. The molecule has 0 bridgehead atoms. The monoisotopic (exact) mass is 635 g/mol. The summed E-state index contributed by atoms with van der Waals surface area (Å²) in [5.41, 5.74) is 10.8. The van der Waals surface area contributed by atoms with Gasteiger partial charge in [0.1, 0.15) is 11.5 Å². The Bertz CT molecular complexity index is 3010. The molecule has 0 saturated carbocycles. The van der Waals surface area contributed by atoms with Crippen LogP contribution >= 0.6 is 0 Å². The van der Waals surface area contributed by atoms with E-state index in [1.165, 1.54) is 81.9 Å². The molecule has 0 amide bonds. The third-order valence-electron chi connectivity index (χ3n) is 10.5. The van der Waals surface area contributed by atoms with Crippen molar-refractivity contribution in [2.24, 2.45) is 0 Å². The Kier molecular flexibility index (Phi) is 5.70. The minimum atomic E-state index is 0.907. The molecule has 0 saturated heterocycles. The van der Waals surface area contributed by atoms with Gasteiger partial charge in [-0.25, -0.2) is 0 Å². The molecule has 1 aromatic heterocycles. The highest BCUT2D eigenvalue weighted by molar-refractivity contribution is 6.28. The van der Waals surface area contributed by atoms with Crippen LogP contribution < -0.4 is 4.74 Å². The first-order valence-corrected chi connectivity index (χ1v) is 17.2. The van der Waals surface area contributed by atoms with Gasteiger partial charge in [-0.1, -0.05) is 140 Å². The van der Waals surface area contributed by atoms with Crippen molar-refractivity contribution in [2.45, 2.75) is 0 Å². The third kappa shape index (κ3) is 3.85. The number of hydrogen-bond donors (Lipinski definition) is 0. The molecule has 0 fully saturated rings. The summed E-state index contributed by atoms with van der Waals surface area (Å²) in [6, 6.07) is 63.8. The number of benzene rings is 9. The molecule has 11 rings (SSSR count). The zero-order chi connectivity index (χ0) is 32.8. The Balaban J connectivity index is 1.22. The van der Waals surface area contributed by atoms with Crippen molar-refractivity contribution in [3.63, 3.8) is 0 Å². The predicted molar refractivity (Wildman–Crippen MR) is 210 cm³/mol. The fraction of sp³-hybridized carbons (Fsp3) is 0. The second kappa shape index (κ2) is 10.4. The maximum Gasteiger partial charge on any atom is 0.135 e. The van der Waals surface area contributed by atoms with Crippen molar-refractivity contribution in [1.82, 2.24) is 4.57 Å². The number of hydrogen-bond acceptors (Lipinski definition) is 1. The molecule has 9 aromatic carbocycles. The molecule has 1 aliphatic heterocycles. The molecule has 10 aromatic rings. The van der Waals surface area contributed by atoms with Crippen LogP contribution in [-0.4, -0.2) is 4.57 Å². The minimum Gasteiger partial charge on any atom is -0.456 e. The Labute approximate surface area is 289 Å². The van der Waals surface area contributed by atoms with Gasteiger partial charge in [-0.15, -0.1) is 0 Å². The van der Waals surface area contributed by atoms with Gasteiger partial charge < -0.3 is 9.30 Å². The van der Waals surface area contributed by atoms with E-state index in [0.29, 0.717) is 0 Å². The molecule has 232 valence electrons. The van der Waals surface area contributed by atoms with Gasteiger partial charge in [-0.2, -0.15) is 0 Å². The number of ether oxygens (including phenoxy) is 1. The van der Waals surface area contributed by atoms with E-state index in [4.69, 9.17) is 4.74 Å². The molecule has 2 heterocycles. The molecule has 0 atom stereocenters. The van der Waals surface area contributed by atoms with E-state index >= 15 is 0 Å². The number of para-hydroxylation sites is 2. The van der Waals surface area contributed by atoms with E-state index in [0.717, 1.165) is 22.7 Å². The maximum absolute atomic E-state index is 6.43. The first-order valence-electron chi connectivity index (χ1n) is 17.2. The molecule has 1 aliphatic rings. The second-order valence-corrected chi connectivity index (χ2v) is 13.2. The van der Waals surface area contributed by atoms with E-state index in [2.05, 4.69) is 174 Å². The van der Waals surface area contributed by atoms with Gasteiger partial charge in [-0.05, 0) is 80.4 Å². The van der Waals surface area contributed by atoms with Gasteiger partial charge in [0.05, 0.1) is 11.0 Å². The number of fused-ring (bicyclic) bond motifs is 9. The normalized spacial score (nSPS) is 12.2. The number of nitrogens with zero attached hydrogens (tertiary/aromatic N) is 1. The van der Waals surface area contributed by atoms with Crippen LogP contribution in [-0.2, 0) is 0 Å². The Morgan fingerprint density at radius 1 is 0.340 bits per heavy atom. The van der Waals surface area contributed by atoms with Crippen molar-refractivity contribution in [3.8, 4) is 50.6 Å². The lowest BCUT2D eigenvalue weighted by Crippen LogP contribution is -1.97. The molecule has 0 unspecified atom stereocenters. The summed E-state index contributed by atoms with van der Waals surface area (Å²) in [6.07, 6.45) is 0. The summed E-state index contributed by atoms with van der Waals surface area (Å²) in [5.74, 6) is 1.82. The summed E-state index contributed by atoms with van der Waals surface area (Å²) in [6.45, 7) is 0. The molecule has 0 radical (unpaired) electrons. The molecular formula is C48H29NO. The molecule has 2 heteroatoms. The van der Waals surface area contributed by atoms with E-state index in [1.807, 2.05) is 6.07 Å². The molecule has 0 aliphatic carbocycles. The molecule has 50 heavy (non-hydrogen) atoms. The zero-order valence-corrected chi connectivity index (χ0v) is 27.1. The van der Waals surface area contributed by atoms with Crippen molar-refractivity contribution in [1.29, 1.82) is 0 Å². The Morgan fingerprint density at radius 2 is 1.02 bits per heavy atom. The smallest absolute Gasteiger partial charge is 0.135 e. The summed E-state index contributed by atoms with van der Waals surface area (Å²) in [7, 11) is 0. The first kappa shape index (κ1) is 27.3. The SMILES string of the molecule is c1ccc(-n2c3c4ccccc4ccc3c3c(-c4cccc(-c5ccc6c7c(cccc57)-c5ccccc5O6)c4)cc4ccccc4c32)cc1. The molecule has 0 N–H and O–H groups in total. The summed E-state index contributed by atoms with van der Waals surface area (Å²) >= 11 is 0. The Morgan fingerprint density at radius 3 is 1.90 bits per heavy atom. The van der Waals surface area contributed by atoms with E-state index in [1.54, 1.807) is 0 Å². The standard InChI is InChI=1S/C48H29NO/c1-2-16-34(17-3-1)49-47-36-18-6-4-12-30(36)24-25-41(47)46-42(29-33-13-5-7-19-37(33)48(46)49)32-15-10-14-31(28-32)35-26-27-44-45-39(35)21-11-22-40(45)38-20-8-9-23-43(38)50-44/h1-29H. The third-order valence-corrected chi connectivity index (χ3v) is 10.5. The second-order valence-electron chi connectivity index (χ2n) is 13.2. The fourth-order valence-corrected chi connectivity index (χ4v) is 8.39. The van der Waals surface area contributed by atoms with Gasteiger partial charge in [0.25, 0.3) is 0 Å². The Hall–Kier alpha value is -6.64. The van der Waals surface area contributed by atoms with Gasteiger partial charge in [0.2, 0.25) is 0 Å². The molecule has 2 nitrogen and oxygen atoms in total. The van der Waals surface area contributed by atoms with Crippen LogP contribution in [0.25, 0.3) is 93.2 Å². The highest BCUT2D eigenvalue weighted by atomic mass is 16.5. The quantitative estimate of drug-likeness (QED) is 0.188. The van der Waals surface area contributed by atoms with E-state index in [9.17, 15) is 0 Å². The van der Waals surface area contributed by atoms with Gasteiger partial charge in [0, 0.05) is 38.2 Å². The van der Waals surface area contributed by atoms with Gasteiger partial charge in [0.15, 0.2) is 0 Å². The lowest BCUT2D eigenvalue weighted by molar-refractivity contribution is 0.487. The first-order chi connectivity index (χ1) is 24.8. The maximum atomic E-state index is 6.43. The summed E-state index contributed by atoms with van der Waals surface area (Å²) in [4.78, 5) is 0. The number of rotatable bonds is 3. The topological polar surface area (TPSA) is 14.2 Å². The predicted octanol–water partition coefficient (Wildman–Crippen LogP) is 13.3. The lowest BCUT2D eigenvalue weighted by atomic mass is 9.89. The number of aromatic nitrogens is 1. The average Bonchev–Trinajstić information content (AvgIpc) is 3.54. The van der Waals surface area contributed by atoms with E-state index in [-0.39, 0.29) is 0 Å². The highest BCUT2D eigenvalue weighted by Crippen LogP contribution is 2.49. The zero-order valence-electron chi connectivity index (χ0n) is 27.1. The van der Waals surface area contributed by atoms with Crippen molar-refractivity contribution in [3.05, 3.63) is 176 Å². The average molecular weight is 636 g/mol. The van der Waals surface area contributed by atoms with Crippen LogP contribution in [0.4, 0.5) is 0 Å². The van der Waals surface area contributed by atoms with Crippen LogP contribution in [0.2, 0.25) is 0 Å². The van der Waals surface area contributed by atoms with Gasteiger partial charge in [-0.3, -0.25) is 0 Å². The summed E-state index contributed by atoms with van der Waals surface area (Å²) < 4.78 is 8.92. The highest BCUT2D eigenvalue weighted by Gasteiger charge is 2.23. The minimum absolute atomic E-state index is 0.907. The van der Waals surface area contributed by atoms with Crippen molar-refractivity contribution in [2.75, 3.05) is 0 Å². The van der Waals surface area contributed by atoms with Crippen LogP contribution in [0.5, 0.6) is 11.5 Å². The molecular weight excluding hydrogens is 607 g/mol. The van der Waals surface area contributed by atoms with Crippen LogP contribution in [0, 0.1) is 0 Å². The molecule has 0 spiro atoms.